The van der Waals surface area contributed by atoms with Crippen molar-refractivity contribution in [2.24, 2.45) is 5.92 Å². The van der Waals surface area contributed by atoms with E-state index in [1.807, 2.05) is 19.1 Å². The predicted molar refractivity (Wildman–Crippen MR) is 142 cm³/mol. The third-order valence-corrected chi connectivity index (χ3v) is 7.20. The number of nitrogens with one attached hydrogen (secondary N) is 3. The van der Waals surface area contributed by atoms with Crippen molar-refractivity contribution in [3.05, 3.63) is 65.4 Å². The van der Waals surface area contributed by atoms with Gasteiger partial charge in [0.15, 0.2) is 6.04 Å². The van der Waals surface area contributed by atoms with Crippen LogP contribution in [0, 0.1) is 12.8 Å². The maximum Gasteiger partial charge on any atom is 0.416 e. The van der Waals surface area contributed by atoms with Crippen LogP contribution in [0.5, 0.6) is 0 Å². The first-order valence-corrected chi connectivity index (χ1v) is 13.0. The van der Waals surface area contributed by atoms with Crippen LogP contribution in [-0.4, -0.2) is 27.9 Å². The number of carbonyl (C=O) groups excluding carboxylic acids is 2. The molecule has 0 bridgehead atoms. The molecule has 1 fully saturated rings. The Hall–Kier alpha value is -3.93. The molecular weight excluding hydrogens is 527 g/mol. The van der Waals surface area contributed by atoms with E-state index in [1.165, 1.54) is 12.3 Å². The lowest BCUT2D eigenvalue weighted by Crippen LogP contribution is -2.44. The van der Waals surface area contributed by atoms with Crippen molar-refractivity contribution >= 4 is 29.2 Å². The summed E-state index contributed by atoms with van der Waals surface area (Å²) in [5, 5.41) is 21.5. The SMILES string of the molecule is Cc1ccccc1CC(=O)Nc1cc(NC(=O)Nc2c[n+](C3CCC(C(C)(C)O)CC3)no2)cc(C(F)(F)F)c1. The van der Waals surface area contributed by atoms with Crippen molar-refractivity contribution < 1.29 is 37.1 Å². The van der Waals surface area contributed by atoms with E-state index < -0.39 is 29.3 Å². The number of hydrogen-bond donors (Lipinski definition) is 4. The highest BCUT2D eigenvalue weighted by molar-refractivity contribution is 6.00. The molecule has 4 rings (SSSR count). The zero-order chi connectivity index (χ0) is 29.1. The van der Waals surface area contributed by atoms with Gasteiger partial charge in [-0.05, 0) is 73.5 Å². The molecule has 12 heteroatoms. The molecule has 1 aliphatic carbocycles. The van der Waals surface area contributed by atoms with Gasteiger partial charge in [-0.2, -0.15) is 13.2 Å². The van der Waals surface area contributed by atoms with Gasteiger partial charge in [0, 0.05) is 24.2 Å². The molecule has 0 unspecified atom stereocenters. The number of anilines is 3. The van der Waals surface area contributed by atoms with Crippen LogP contribution >= 0.6 is 0 Å². The largest absolute Gasteiger partial charge is 0.416 e. The summed E-state index contributed by atoms with van der Waals surface area (Å²) in [6.45, 7) is 5.44. The highest BCUT2D eigenvalue weighted by atomic mass is 19.4. The van der Waals surface area contributed by atoms with Gasteiger partial charge in [0.25, 0.3) is 6.20 Å². The zero-order valence-corrected chi connectivity index (χ0v) is 22.5. The van der Waals surface area contributed by atoms with Gasteiger partial charge in [0.2, 0.25) is 11.2 Å². The average molecular weight is 561 g/mol. The number of aromatic nitrogens is 2. The molecule has 214 valence electrons. The topological polar surface area (TPSA) is 120 Å². The fraction of sp³-hybridized carbons (Fsp3) is 0.429. The van der Waals surface area contributed by atoms with Crippen molar-refractivity contribution in [3.63, 3.8) is 0 Å². The van der Waals surface area contributed by atoms with Gasteiger partial charge in [-0.1, -0.05) is 24.3 Å². The third-order valence-electron chi connectivity index (χ3n) is 7.20. The van der Waals surface area contributed by atoms with Crippen LogP contribution in [0.25, 0.3) is 0 Å². The molecular formula is C28H33F3N5O4+. The van der Waals surface area contributed by atoms with Crippen molar-refractivity contribution in [2.45, 2.75) is 70.7 Å². The highest BCUT2D eigenvalue weighted by Gasteiger charge is 2.36. The minimum absolute atomic E-state index is 0.0147. The number of carbonyl (C=O) groups is 2. The fourth-order valence-electron chi connectivity index (χ4n) is 4.93. The summed E-state index contributed by atoms with van der Waals surface area (Å²) < 4.78 is 47.5. The van der Waals surface area contributed by atoms with E-state index in [9.17, 15) is 27.9 Å². The second-order valence-corrected chi connectivity index (χ2v) is 10.7. The van der Waals surface area contributed by atoms with Gasteiger partial charge >= 0.3 is 18.1 Å². The number of amides is 3. The lowest BCUT2D eigenvalue weighted by molar-refractivity contribution is -0.787. The van der Waals surface area contributed by atoms with Crippen LogP contribution in [0.15, 0.2) is 53.2 Å². The molecule has 0 spiro atoms. The lowest BCUT2D eigenvalue weighted by Gasteiger charge is -2.33. The van der Waals surface area contributed by atoms with Gasteiger partial charge in [0.05, 0.1) is 17.6 Å². The second kappa shape index (κ2) is 11.7. The third kappa shape index (κ3) is 7.59. The molecule has 40 heavy (non-hydrogen) atoms. The summed E-state index contributed by atoms with van der Waals surface area (Å²) in [5.74, 6) is -0.295. The number of benzene rings is 2. The molecule has 2 aromatic carbocycles. The zero-order valence-electron chi connectivity index (χ0n) is 22.5. The van der Waals surface area contributed by atoms with Gasteiger partial charge in [-0.3, -0.25) is 14.6 Å². The van der Waals surface area contributed by atoms with Crippen LogP contribution in [0.2, 0.25) is 0 Å². The molecule has 3 aromatic rings. The van der Waals surface area contributed by atoms with Crippen molar-refractivity contribution in [1.82, 2.24) is 5.27 Å². The Morgan fingerprint density at radius 3 is 2.30 bits per heavy atom. The minimum Gasteiger partial charge on any atom is -0.390 e. The van der Waals surface area contributed by atoms with Crippen molar-refractivity contribution in [1.29, 1.82) is 0 Å². The summed E-state index contributed by atoms with van der Waals surface area (Å²) in [4.78, 5) is 25.1. The van der Waals surface area contributed by atoms with Crippen LogP contribution in [0.4, 0.5) is 35.2 Å². The average Bonchev–Trinajstić information content (AvgIpc) is 3.32. The van der Waals surface area contributed by atoms with Gasteiger partial charge in [-0.25, -0.2) is 4.79 Å². The standard InChI is InChI=1S/C28H32F3N5O4/c1-17-6-4-5-7-18(17)12-24(37)32-21-13-20(28(29,30)31)14-22(15-21)33-26(38)34-25-16-36(35-40-25)23-10-8-19(9-11-23)27(2,3)39/h4-7,13-16,19,23,39H,8-12H2,1-3H3,(H2-,32,33,34,35,37,38)/p+1. The maximum atomic E-state index is 13.6. The number of alkyl halides is 3. The first-order valence-electron chi connectivity index (χ1n) is 13.0. The van der Waals surface area contributed by atoms with Crippen LogP contribution in [0.1, 0.15) is 62.3 Å². The summed E-state index contributed by atoms with van der Waals surface area (Å²) in [5.41, 5.74) is -0.429. The maximum absolute atomic E-state index is 13.6. The van der Waals surface area contributed by atoms with E-state index >= 15 is 0 Å². The van der Waals surface area contributed by atoms with Crippen LogP contribution in [0.3, 0.4) is 0 Å². The Balaban J connectivity index is 1.40. The molecule has 0 atom stereocenters. The molecule has 0 radical (unpaired) electrons. The first-order chi connectivity index (χ1) is 18.8. The Morgan fingerprint density at radius 2 is 1.68 bits per heavy atom. The highest BCUT2D eigenvalue weighted by Crippen LogP contribution is 2.36. The molecule has 1 heterocycles. The predicted octanol–water partition coefficient (Wildman–Crippen LogP) is 5.62. The Labute approximate surface area is 229 Å². The Bertz CT molecular complexity index is 1360. The molecule has 0 aliphatic heterocycles. The smallest absolute Gasteiger partial charge is 0.390 e. The van der Waals surface area contributed by atoms with Crippen molar-refractivity contribution in [2.75, 3.05) is 16.0 Å². The number of urea groups is 1. The Morgan fingerprint density at radius 1 is 1.02 bits per heavy atom. The molecule has 3 amide bonds. The van der Waals surface area contributed by atoms with Gasteiger partial charge in [-0.15, -0.1) is 0 Å². The molecule has 1 aromatic heterocycles. The molecule has 4 N–H and O–H groups in total. The van der Waals surface area contributed by atoms with E-state index in [0.717, 1.165) is 48.9 Å². The lowest BCUT2D eigenvalue weighted by atomic mass is 9.77. The summed E-state index contributed by atoms with van der Waals surface area (Å²) in [6.07, 6.45) is -0.0209. The van der Waals surface area contributed by atoms with Gasteiger partial charge in [0.1, 0.15) is 0 Å². The molecule has 1 aliphatic rings. The number of rotatable bonds is 7. The van der Waals surface area contributed by atoms with Gasteiger partial charge < -0.3 is 15.7 Å². The summed E-state index contributed by atoms with van der Waals surface area (Å²) >= 11 is 0. The van der Waals surface area contributed by atoms with E-state index in [1.54, 1.807) is 30.7 Å². The van der Waals surface area contributed by atoms with E-state index in [-0.39, 0.29) is 35.6 Å². The normalized spacial score (nSPS) is 17.8. The summed E-state index contributed by atoms with van der Waals surface area (Å²) in [6, 6.07) is 9.24. The van der Waals surface area contributed by atoms with E-state index in [2.05, 4.69) is 21.2 Å². The minimum atomic E-state index is -4.70. The van der Waals surface area contributed by atoms with Crippen LogP contribution in [-0.2, 0) is 17.4 Å². The fourth-order valence-corrected chi connectivity index (χ4v) is 4.93. The van der Waals surface area contributed by atoms with E-state index in [4.69, 9.17) is 4.52 Å². The monoisotopic (exact) mass is 560 g/mol. The molecule has 1 saturated carbocycles. The Kier molecular flexibility index (Phi) is 8.48. The molecule has 9 nitrogen and oxygen atoms in total. The molecule has 0 saturated heterocycles. The second-order valence-electron chi connectivity index (χ2n) is 10.7. The number of aliphatic hydroxyl groups is 1. The number of nitrogens with zero attached hydrogens (tertiary/aromatic N) is 2. The summed E-state index contributed by atoms with van der Waals surface area (Å²) in [7, 11) is 0. The quantitative estimate of drug-likeness (QED) is 0.280. The van der Waals surface area contributed by atoms with E-state index in [0.29, 0.717) is 0 Å². The van der Waals surface area contributed by atoms with Crippen LogP contribution < -0.4 is 20.6 Å². The number of halogens is 3. The van der Waals surface area contributed by atoms with Crippen molar-refractivity contribution in [3.8, 4) is 0 Å². The number of hydrogen-bond acceptors (Lipinski definition) is 5. The first kappa shape index (κ1) is 29.1. The number of aryl methyl sites for hydroxylation is 1.